The van der Waals surface area contributed by atoms with Crippen molar-refractivity contribution in [2.45, 2.75) is 52.2 Å². The van der Waals surface area contributed by atoms with Gasteiger partial charge in [0.2, 0.25) is 5.91 Å². The number of hydrogen-bond acceptors (Lipinski definition) is 6. The van der Waals surface area contributed by atoms with Crippen LogP contribution >= 0.6 is 0 Å². The normalized spacial score (nSPS) is 16.1. The minimum Gasteiger partial charge on any atom is -0.444 e. The summed E-state index contributed by atoms with van der Waals surface area (Å²) in [5, 5.41) is 16.2. The first-order valence-corrected chi connectivity index (χ1v) is 9.80. The molecule has 1 aliphatic heterocycles. The van der Waals surface area contributed by atoms with Gasteiger partial charge in [0, 0.05) is 36.8 Å². The number of benzene rings is 1. The fourth-order valence-corrected chi connectivity index (χ4v) is 3.22. The van der Waals surface area contributed by atoms with Crippen LogP contribution in [0.1, 0.15) is 49.5 Å². The highest BCUT2D eigenvalue weighted by molar-refractivity contribution is 5.98. The van der Waals surface area contributed by atoms with Gasteiger partial charge in [-0.2, -0.15) is 0 Å². The Balaban J connectivity index is 1.91. The lowest BCUT2D eigenvalue weighted by atomic mass is 10.1. The summed E-state index contributed by atoms with van der Waals surface area (Å²) in [6.07, 6.45) is 0.651. The summed E-state index contributed by atoms with van der Waals surface area (Å²) < 4.78 is 5.12. The first-order chi connectivity index (χ1) is 14.0. The minimum absolute atomic E-state index is 0.0558. The molecule has 3 amide bonds. The molecule has 30 heavy (non-hydrogen) atoms. The van der Waals surface area contributed by atoms with Gasteiger partial charge in [-0.05, 0) is 52.7 Å². The van der Waals surface area contributed by atoms with Crippen molar-refractivity contribution in [3.05, 3.63) is 39.4 Å². The maximum atomic E-state index is 12.8. The first kappa shape index (κ1) is 23.1. The maximum absolute atomic E-state index is 12.8. The molecule has 0 aliphatic carbocycles. The third kappa shape index (κ3) is 6.16. The summed E-state index contributed by atoms with van der Waals surface area (Å²) in [5.41, 5.74) is 0.0391. The lowest BCUT2D eigenvalue weighted by Gasteiger charge is -2.24. The molecule has 1 aliphatic rings. The summed E-state index contributed by atoms with van der Waals surface area (Å²) in [6.45, 7) is 7.67. The van der Waals surface area contributed by atoms with Gasteiger partial charge in [-0.15, -0.1) is 0 Å². The molecular weight excluding hydrogens is 392 g/mol. The summed E-state index contributed by atoms with van der Waals surface area (Å²) in [7, 11) is 0. The number of carbonyl (C=O) groups excluding carboxylic acids is 3. The number of nitrogens with zero attached hydrogens (tertiary/aromatic N) is 2. The molecule has 1 saturated heterocycles. The van der Waals surface area contributed by atoms with Crippen molar-refractivity contribution in [2.75, 3.05) is 19.6 Å². The molecule has 0 radical (unpaired) electrons. The molecule has 1 atom stereocenters. The van der Waals surface area contributed by atoms with E-state index in [0.29, 0.717) is 30.5 Å². The van der Waals surface area contributed by atoms with E-state index in [1.165, 1.54) is 23.1 Å². The molecule has 10 nitrogen and oxygen atoms in total. The second kappa shape index (κ2) is 9.55. The van der Waals surface area contributed by atoms with Crippen LogP contribution in [0.2, 0.25) is 0 Å². The van der Waals surface area contributed by atoms with Crippen LogP contribution in [0.5, 0.6) is 0 Å². The van der Waals surface area contributed by atoms with E-state index in [4.69, 9.17) is 4.74 Å². The SMILES string of the molecule is Cc1cc(C(=O)N2CCCC2C(=O)NCCNC(=O)OC(C)(C)C)ccc1[N+](=O)[O-]. The number of ether oxygens (including phenoxy) is 1. The van der Waals surface area contributed by atoms with Crippen molar-refractivity contribution >= 4 is 23.6 Å². The zero-order chi connectivity index (χ0) is 22.5. The van der Waals surface area contributed by atoms with Gasteiger partial charge in [0.15, 0.2) is 0 Å². The topological polar surface area (TPSA) is 131 Å². The monoisotopic (exact) mass is 420 g/mol. The lowest BCUT2D eigenvalue weighted by Crippen LogP contribution is -2.47. The van der Waals surface area contributed by atoms with E-state index in [0.717, 1.165) is 0 Å². The van der Waals surface area contributed by atoms with Gasteiger partial charge in [0.05, 0.1) is 4.92 Å². The number of amides is 3. The van der Waals surface area contributed by atoms with Crippen molar-refractivity contribution in [3.8, 4) is 0 Å². The Kier molecular flexibility index (Phi) is 7.36. The van der Waals surface area contributed by atoms with Crippen LogP contribution in [0.15, 0.2) is 18.2 Å². The van der Waals surface area contributed by atoms with Crippen molar-refractivity contribution in [1.29, 1.82) is 0 Å². The van der Waals surface area contributed by atoms with Gasteiger partial charge in [-0.25, -0.2) is 4.79 Å². The summed E-state index contributed by atoms with van der Waals surface area (Å²) in [5.74, 6) is -0.636. The molecule has 1 heterocycles. The van der Waals surface area contributed by atoms with Crippen molar-refractivity contribution < 1.29 is 24.0 Å². The van der Waals surface area contributed by atoms with Gasteiger partial charge in [0.25, 0.3) is 11.6 Å². The number of nitro benzene ring substituents is 1. The van der Waals surface area contributed by atoms with Crippen LogP contribution < -0.4 is 10.6 Å². The van der Waals surface area contributed by atoms with Crippen LogP contribution in [0.3, 0.4) is 0 Å². The molecule has 1 aromatic rings. The number of alkyl carbamates (subject to hydrolysis) is 1. The Morgan fingerprint density at radius 2 is 1.90 bits per heavy atom. The zero-order valence-electron chi connectivity index (χ0n) is 17.7. The first-order valence-electron chi connectivity index (χ1n) is 9.80. The number of nitrogens with one attached hydrogen (secondary N) is 2. The largest absolute Gasteiger partial charge is 0.444 e. The third-order valence-electron chi connectivity index (χ3n) is 4.55. The molecule has 1 unspecified atom stereocenters. The molecule has 0 spiro atoms. The molecule has 164 valence electrons. The van der Waals surface area contributed by atoms with Gasteiger partial charge in [-0.1, -0.05) is 0 Å². The van der Waals surface area contributed by atoms with Gasteiger partial charge < -0.3 is 20.3 Å². The number of aryl methyl sites for hydroxylation is 1. The van der Waals surface area contributed by atoms with E-state index < -0.39 is 22.7 Å². The van der Waals surface area contributed by atoms with Crippen molar-refractivity contribution in [1.82, 2.24) is 15.5 Å². The van der Waals surface area contributed by atoms with Crippen LogP contribution in [0, 0.1) is 17.0 Å². The lowest BCUT2D eigenvalue weighted by molar-refractivity contribution is -0.385. The number of nitro groups is 1. The second-order valence-corrected chi connectivity index (χ2v) is 8.13. The summed E-state index contributed by atoms with van der Waals surface area (Å²) in [4.78, 5) is 48.9. The molecule has 0 bridgehead atoms. The van der Waals surface area contributed by atoms with E-state index >= 15 is 0 Å². The maximum Gasteiger partial charge on any atom is 0.407 e. The number of likely N-dealkylation sites (tertiary alicyclic amines) is 1. The molecule has 0 aromatic heterocycles. The van der Waals surface area contributed by atoms with Gasteiger partial charge in [-0.3, -0.25) is 19.7 Å². The molecule has 2 rings (SSSR count). The Morgan fingerprint density at radius 3 is 2.50 bits per heavy atom. The minimum atomic E-state index is -0.616. The number of carbonyl (C=O) groups is 3. The van der Waals surface area contributed by atoms with Crippen LogP contribution in [-0.2, 0) is 9.53 Å². The van der Waals surface area contributed by atoms with Crippen molar-refractivity contribution in [2.24, 2.45) is 0 Å². The van der Waals surface area contributed by atoms with Crippen LogP contribution in [-0.4, -0.2) is 59.0 Å². The smallest absolute Gasteiger partial charge is 0.407 e. The number of rotatable bonds is 6. The fraction of sp³-hybridized carbons (Fsp3) is 0.550. The predicted molar refractivity (Wildman–Crippen MR) is 109 cm³/mol. The quantitative estimate of drug-likeness (QED) is 0.412. The highest BCUT2D eigenvalue weighted by atomic mass is 16.6. The average Bonchev–Trinajstić information content (AvgIpc) is 3.12. The van der Waals surface area contributed by atoms with Gasteiger partial charge >= 0.3 is 6.09 Å². The molecular formula is C20H28N4O6. The number of hydrogen-bond donors (Lipinski definition) is 2. The van der Waals surface area contributed by atoms with E-state index in [1.54, 1.807) is 27.7 Å². The molecule has 10 heteroatoms. The van der Waals surface area contributed by atoms with E-state index in [2.05, 4.69) is 10.6 Å². The van der Waals surface area contributed by atoms with Crippen LogP contribution in [0.25, 0.3) is 0 Å². The third-order valence-corrected chi connectivity index (χ3v) is 4.55. The molecule has 2 N–H and O–H groups in total. The Morgan fingerprint density at radius 1 is 1.23 bits per heavy atom. The predicted octanol–water partition coefficient (Wildman–Crippen LogP) is 2.15. The molecule has 1 aromatic carbocycles. The summed E-state index contributed by atoms with van der Waals surface area (Å²) >= 11 is 0. The van der Waals surface area contributed by atoms with Gasteiger partial charge in [0.1, 0.15) is 11.6 Å². The van der Waals surface area contributed by atoms with E-state index in [1.807, 2.05) is 0 Å². The summed E-state index contributed by atoms with van der Waals surface area (Å²) in [6, 6.07) is 3.56. The Hall–Kier alpha value is -3.17. The highest BCUT2D eigenvalue weighted by Crippen LogP contribution is 2.24. The second-order valence-electron chi connectivity index (χ2n) is 8.13. The fourth-order valence-electron chi connectivity index (χ4n) is 3.22. The zero-order valence-corrected chi connectivity index (χ0v) is 17.7. The highest BCUT2D eigenvalue weighted by Gasteiger charge is 2.34. The standard InChI is InChI=1S/C20H28N4O6/c1-13-12-14(7-8-15(13)24(28)29)18(26)23-11-5-6-16(23)17(25)21-9-10-22-19(27)30-20(2,3)4/h7-8,12,16H,5-6,9-11H2,1-4H3,(H,21,25)(H,22,27). The molecule has 0 saturated carbocycles. The van der Waals surface area contributed by atoms with Crippen LogP contribution in [0.4, 0.5) is 10.5 Å². The van der Waals surface area contributed by atoms with Crippen molar-refractivity contribution in [3.63, 3.8) is 0 Å². The van der Waals surface area contributed by atoms with E-state index in [9.17, 15) is 24.5 Å². The Labute approximate surface area is 175 Å². The average molecular weight is 420 g/mol. The van der Waals surface area contributed by atoms with E-state index in [-0.39, 0.29) is 30.6 Å². The molecule has 1 fully saturated rings. The Bertz CT molecular complexity index is 833.